The summed E-state index contributed by atoms with van der Waals surface area (Å²) in [7, 11) is 0. The van der Waals surface area contributed by atoms with E-state index in [2.05, 4.69) is 5.32 Å². The number of hydrogen-bond acceptors (Lipinski definition) is 3. The van der Waals surface area contributed by atoms with E-state index in [0.717, 1.165) is 12.0 Å². The fourth-order valence-corrected chi connectivity index (χ4v) is 2.16. The van der Waals surface area contributed by atoms with Gasteiger partial charge >= 0.3 is 0 Å². The third kappa shape index (κ3) is 5.51. The summed E-state index contributed by atoms with van der Waals surface area (Å²) in [6, 6.07) is 15.5. The predicted octanol–water partition coefficient (Wildman–Crippen LogP) is 3.04. The number of rotatable bonds is 7. The van der Waals surface area contributed by atoms with Gasteiger partial charge in [0.15, 0.2) is 0 Å². The van der Waals surface area contributed by atoms with E-state index < -0.39 is 0 Å². The monoisotopic (exact) mass is 310 g/mol. The first-order valence-electron chi connectivity index (χ1n) is 7.71. The zero-order valence-corrected chi connectivity index (χ0v) is 13.3. The minimum atomic E-state index is -0.117. The van der Waals surface area contributed by atoms with Crippen LogP contribution in [0.5, 0.6) is 5.75 Å². The molecule has 0 aliphatic carbocycles. The van der Waals surface area contributed by atoms with Crippen LogP contribution in [0.3, 0.4) is 0 Å². The van der Waals surface area contributed by atoms with Crippen LogP contribution < -0.4 is 15.8 Å². The van der Waals surface area contributed by atoms with Crippen LogP contribution in [0.15, 0.2) is 54.6 Å². The van der Waals surface area contributed by atoms with Crippen molar-refractivity contribution >= 4 is 17.7 Å². The predicted molar refractivity (Wildman–Crippen MR) is 94.2 cm³/mol. The zero-order chi connectivity index (χ0) is 16.5. The number of nitrogens with one attached hydrogen (secondary N) is 1. The molecule has 0 aliphatic heterocycles. The van der Waals surface area contributed by atoms with E-state index in [1.54, 1.807) is 12.1 Å². The molecule has 23 heavy (non-hydrogen) atoms. The van der Waals surface area contributed by atoms with Gasteiger partial charge in [0.05, 0.1) is 12.3 Å². The van der Waals surface area contributed by atoms with Gasteiger partial charge in [-0.3, -0.25) is 4.79 Å². The molecular formula is C19H22N2O2. The molecule has 2 rings (SSSR count). The fourth-order valence-electron chi connectivity index (χ4n) is 2.16. The fraction of sp³-hybridized carbons (Fsp3) is 0.211. The highest BCUT2D eigenvalue weighted by Crippen LogP contribution is 2.22. The van der Waals surface area contributed by atoms with Crippen LogP contribution in [-0.4, -0.2) is 19.1 Å². The third-order valence-corrected chi connectivity index (χ3v) is 3.32. The number of benzene rings is 2. The number of ether oxygens (including phenoxy) is 1. The second kappa shape index (κ2) is 8.63. The van der Waals surface area contributed by atoms with E-state index in [0.29, 0.717) is 24.6 Å². The molecule has 0 saturated heterocycles. The molecule has 0 aliphatic rings. The highest BCUT2D eigenvalue weighted by atomic mass is 16.5. The van der Waals surface area contributed by atoms with Crippen LogP contribution in [0.1, 0.15) is 18.1 Å². The van der Waals surface area contributed by atoms with Crippen molar-refractivity contribution in [2.24, 2.45) is 0 Å². The normalized spacial score (nSPS) is 10.7. The topological polar surface area (TPSA) is 64.3 Å². The first kappa shape index (κ1) is 16.6. The van der Waals surface area contributed by atoms with E-state index in [1.807, 2.05) is 49.4 Å². The molecule has 4 nitrogen and oxygen atoms in total. The van der Waals surface area contributed by atoms with Gasteiger partial charge in [0, 0.05) is 12.6 Å². The summed E-state index contributed by atoms with van der Waals surface area (Å²) < 4.78 is 5.38. The Kier molecular flexibility index (Phi) is 6.24. The summed E-state index contributed by atoms with van der Waals surface area (Å²) in [6.45, 7) is 3.09. The third-order valence-electron chi connectivity index (χ3n) is 3.32. The van der Waals surface area contributed by atoms with Gasteiger partial charge in [-0.25, -0.2) is 0 Å². The molecule has 0 fully saturated rings. The van der Waals surface area contributed by atoms with Crippen molar-refractivity contribution in [3.63, 3.8) is 0 Å². The SMILES string of the molecule is CCOc1ccc(/C=C\C(=O)NCCc2ccccc2)cc1N. The number of nitrogen functional groups attached to an aromatic ring is 1. The van der Waals surface area contributed by atoms with Crippen molar-refractivity contribution in [1.29, 1.82) is 0 Å². The second-order valence-electron chi connectivity index (χ2n) is 5.09. The Labute approximate surface area is 137 Å². The van der Waals surface area contributed by atoms with Gasteiger partial charge in [-0.2, -0.15) is 0 Å². The van der Waals surface area contributed by atoms with Crippen molar-refractivity contribution in [2.45, 2.75) is 13.3 Å². The summed E-state index contributed by atoms with van der Waals surface area (Å²) >= 11 is 0. The Morgan fingerprint density at radius 2 is 2.00 bits per heavy atom. The van der Waals surface area contributed by atoms with Crippen LogP contribution in [0.25, 0.3) is 6.08 Å². The first-order chi connectivity index (χ1) is 11.2. The largest absolute Gasteiger partial charge is 0.492 e. The van der Waals surface area contributed by atoms with E-state index in [1.165, 1.54) is 11.6 Å². The Hall–Kier alpha value is -2.75. The van der Waals surface area contributed by atoms with E-state index in [4.69, 9.17) is 10.5 Å². The standard InChI is InChI=1S/C19H22N2O2/c1-2-23-18-10-8-16(14-17(18)20)9-11-19(22)21-13-12-15-6-4-3-5-7-15/h3-11,14H,2,12-13,20H2,1H3,(H,21,22)/b11-9-. The van der Waals surface area contributed by atoms with Crippen molar-refractivity contribution in [3.8, 4) is 5.75 Å². The molecule has 0 bridgehead atoms. The van der Waals surface area contributed by atoms with Gasteiger partial charge in [0.25, 0.3) is 0 Å². The highest BCUT2D eigenvalue weighted by Gasteiger charge is 2.00. The first-order valence-corrected chi connectivity index (χ1v) is 7.71. The van der Waals surface area contributed by atoms with Crippen molar-refractivity contribution in [1.82, 2.24) is 5.32 Å². The number of carbonyl (C=O) groups is 1. The number of carbonyl (C=O) groups excluding carboxylic acids is 1. The molecule has 3 N–H and O–H groups in total. The minimum absolute atomic E-state index is 0.117. The van der Waals surface area contributed by atoms with E-state index in [9.17, 15) is 4.79 Å². The molecule has 0 heterocycles. The number of nitrogens with two attached hydrogens (primary N) is 1. The molecular weight excluding hydrogens is 288 g/mol. The minimum Gasteiger partial charge on any atom is -0.492 e. The number of anilines is 1. The van der Waals surface area contributed by atoms with Crippen LogP contribution in [0.2, 0.25) is 0 Å². The number of amides is 1. The maximum Gasteiger partial charge on any atom is 0.244 e. The highest BCUT2D eigenvalue weighted by molar-refractivity contribution is 5.91. The molecule has 1 amide bonds. The molecule has 0 unspecified atom stereocenters. The molecule has 120 valence electrons. The van der Waals surface area contributed by atoms with Crippen molar-refractivity contribution in [2.75, 3.05) is 18.9 Å². The van der Waals surface area contributed by atoms with Crippen LogP contribution >= 0.6 is 0 Å². The van der Waals surface area contributed by atoms with Crippen LogP contribution in [0.4, 0.5) is 5.69 Å². The maximum atomic E-state index is 11.8. The molecule has 0 saturated carbocycles. The Morgan fingerprint density at radius 1 is 1.22 bits per heavy atom. The zero-order valence-electron chi connectivity index (χ0n) is 13.3. The maximum absolute atomic E-state index is 11.8. The van der Waals surface area contributed by atoms with Crippen molar-refractivity contribution < 1.29 is 9.53 Å². The van der Waals surface area contributed by atoms with Gasteiger partial charge in [0.1, 0.15) is 5.75 Å². The Morgan fingerprint density at radius 3 is 2.70 bits per heavy atom. The molecule has 2 aromatic carbocycles. The second-order valence-corrected chi connectivity index (χ2v) is 5.09. The smallest absolute Gasteiger partial charge is 0.244 e. The van der Waals surface area contributed by atoms with Gasteiger partial charge in [-0.15, -0.1) is 0 Å². The van der Waals surface area contributed by atoms with Gasteiger partial charge in [0.2, 0.25) is 5.91 Å². The summed E-state index contributed by atoms with van der Waals surface area (Å²) in [5.74, 6) is 0.547. The summed E-state index contributed by atoms with van der Waals surface area (Å²) in [6.07, 6.45) is 4.07. The van der Waals surface area contributed by atoms with Gasteiger partial charge < -0.3 is 15.8 Å². The van der Waals surface area contributed by atoms with E-state index in [-0.39, 0.29) is 5.91 Å². The Balaban J connectivity index is 1.82. The van der Waals surface area contributed by atoms with E-state index >= 15 is 0 Å². The lowest BCUT2D eigenvalue weighted by Gasteiger charge is -2.07. The average molecular weight is 310 g/mol. The molecule has 4 heteroatoms. The lowest BCUT2D eigenvalue weighted by Crippen LogP contribution is -2.23. The summed E-state index contributed by atoms with van der Waals surface area (Å²) in [5, 5.41) is 2.87. The molecule has 0 atom stereocenters. The summed E-state index contributed by atoms with van der Waals surface area (Å²) in [5.41, 5.74) is 8.54. The number of hydrogen-bond donors (Lipinski definition) is 2. The molecule has 0 aromatic heterocycles. The van der Waals surface area contributed by atoms with Crippen LogP contribution in [0, 0.1) is 0 Å². The molecule has 2 aromatic rings. The molecule has 0 spiro atoms. The lowest BCUT2D eigenvalue weighted by molar-refractivity contribution is -0.116. The average Bonchev–Trinajstić information content (AvgIpc) is 2.56. The van der Waals surface area contributed by atoms with Gasteiger partial charge in [-0.05, 0) is 42.7 Å². The van der Waals surface area contributed by atoms with Crippen molar-refractivity contribution in [3.05, 3.63) is 65.7 Å². The lowest BCUT2D eigenvalue weighted by atomic mass is 10.1. The van der Waals surface area contributed by atoms with Gasteiger partial charge in [-0.1, -0.05) is 36.4 Å². The van der Waals surface area contributed by atoms with Crippen LogP contribution in [-0.2, 0) is 11.2 Å². The molecule has 0 radical (unpaired) electrons. The Bertz CT molecular complexity index is 666. The summed E-state index contributed by atoms with van der Waals surface area (Å²) in [4.78, 5) is 11.8. The quantitative estimate of drug-likeness (QED) is 0.610.